The minimum Gasteiger partial charge on any atom is -0.476 e. The summed E-state index contributed by atoms with van der Waals surface area (Å²) in [6.45, 7) is 23.0. The van der Waals surface area contributed by atoms with Crippen LogP contribution in [-0.2, 0) is 32.1 Å². The van der Waals surface area contributed by atoms with Crippen molar-refractivity contribution in [1.82, 2.24) is 55.4 Å². The lowest BCUT2D eigenvalue weighted by Gasteiger charge is -2.69. The molecule has 20 nitrogen and oxygen atoms in total. The third-order valence-corrected chi connectivity index (χ3v) is 24.9. The minimum absolute atomic E-state index is 0.00336. The van der Waals surface area contributed by atoms with Gasteiger partial charge in [-0.05, 0) is 163 Å². The first-order chi connectivity index (χ1) is 49.3. The first-order valence-electron chi connectivity index (χ1n) is 38.2. The molecule has 554 valence electrons. The molecule has 22 heteroatoms. The second-order valence-electron chi connectivity index (χ2n) is 33.1. The van der Waals surface area contributed by atoms with E-state index in [1.165, 1.54) is 75.5 Å². The van der Waals surface area contributed by atoms with Gasteiger partial charge in [-0.2, -0.15) is 5.10 Å². The van der Waals surface area contributed by atoms with Gasteiger partial charge in [0.25, 0.3) is 0 Å². The van der Waals surface area contributed by atoms with E-state index in [-0.39, 0.29) is 64.3 Å². The lowest BCUT2D eigenvalue weighted by molar-refractivity contribution is -0.248. The number of amides is 3. The zero-order valence-electron chi connectivity index (χ0n) is 62.7. The third kappa shape index (κ3) is 17.8. The molecule has 5 aromatic heterocycles. The summed E-state index contributed by atoms with van der Waals surface area (Å²) < 4.78 is 10.4. The number of hydrogen-bond acceptors (Lipinski definition) is 17. The molecule has 1 saturated heterocycles. The third-order valence-electron chi connectivity index (χ3n) is 22.9. The highest BCUT2D eigenvalue weighted by Gasteiger charge is 2.66. The number of nitrogens with zero attached hydrogens (tertiary/aromatic N) is 10. The highest BCUT2D eigenvalue weighted by atomic mass is 32.1. The number of benzene rings is 2. The van der Waals surface area contributed by atoms with Gasteiger partial charge in [0.2, 0.25) is 17.7 Å². The second-order valence-corrected chi connectivity index (χ2v) is 35.0. The quantitative estimate of drug-likeness (QED) is 0.0235. The lowest BCUT2D eigenvalue weighted by Crippen LogP contribution is -2.64. The molecule has 0 radical (unpaired) electrons. The molecule has 6 atom stereocenters. The standard InChI is InChI=1S/C81H111N13O7S2/c1-53-60-28-27-39-92(72(60)90-89-71(53)88-76-85-63-29-24-25-30-65(63)103-76)66-37-36-61(68(86-66)75(99)100)62-43-83-94(56(62)4)51-80-46-78(8)45-79(9,47-80)49-81(48-78,50-80)101-41-40-91(10)38-26-22-20-18-16-14-12-11-13-15-17-19-21-23-31-67(96)87-70(77(5,6)7)74(98)93-44-59(95)42-64(93)73(97)84-54(2)57-32-34-58(35-33-57)69-55(3)82-52-102-69/h24-25,29-30,32-37,43,52,54,59,64,70,95H,11-23,26-28,31,38-42,44-51H2,1-10H3,(H,84,97)(H,87,96)(H,99,100)(H,85,88,89)/t54-,59+,64-,70+,78?,79?,80?,81?/m0/s1. The number of fused-ring (bicyclic) bond motifs is 2. The molecule has 0 spiro atoms. The van der Waals surface area contributed by atoms with Gasteiger partial charge in [-0.1, -0.05) is 159 Å². The Morgan fingerprint density at radius 2 is 1.47 bits per heavy atom. The molecule has 2 aliphatic heterocycles. The van der Waals surface area contributed by atoms with Crippen molar-refractivity contribution in [3.05, 3.63) is 106 Å². The maximum absolute atomic E-state index is 14.2. The average Bonchev–Trinajstić information content (AvgIpc) is 1.10. The van der Waals surface area contributed by atoms with Crippen molar-refractivity contribution in [3.8, 4) is 21.6 Å². The van der Waals surface area contributed by atoms with Crippen LogP contribution in [0.2, 0.25) is 0 Å². The second kappa shape index (κ2) is 32.2. The number of carbonyl (C=O) groups excluding carboxylic acids is 3. The molecule has 13 rings (SSSR count). The smallest absolute Gasteiger partial charge is 0.355 e. The van der Waals surface area contributed by atoms with E-state index in [1.807, 2.05) is 106 Å². The van der Waals surface area contributed by atoms with Crippen LogP contribution in [0.1, 0.15) is 234 Å². The lowest BCUT2D eigenvalue weighted by atomic mass is 9.39. The van der Waals surface area contributed by atoms with Crippen LogP contribution in [0.4, 0.5) is 22.6 Å². The SMILES string of the molecule is Cc1ncsc1-c1ccc([C@H](C)NC(=O)[C@@H]2C[C@@H](O)CN2C(=O)[C@@H](NC(=O)CCCCCCCCCCCCCCCCN(C)CCOC23CC4(C)CC(C)(CC(Cn5ncc(-c6ccc(N7CCCc8c7nnc(Nc7nc9ccccc9s7)c8C)nc6C(=O)O)c5C)(C4)C2)C3)C(C)(C)C)cc1. The summed E-state index contributed by atoms with van der Waals surface area (Å²) in [5.41, 5.74) is 9.73. The number of hydrogen-bond donors (Lipinski definition) is 5. The summed E-state index contributed by atoms with van der Waals surface area (Å²) >= 11 is 3.17. The summed E-state index contributed by atoms with van der Waals surface area (Å²) in [7, 11) is 2.25. The number of aromatic nitrogens is 7. The normalized spacial score (nSPS) is 22.8. The van der Waals surface area contributed by atoms with Gasteiger partial charge in [0.15, 0.2) is 22.5 Å². The van der Waals surface area contributed by atoms with Gasteiger partial charge in [-0.25, -0.2) is 19.7 Å². The van der Waals surface area contributed by atoms with Crippen molar-refractivity contribution in [2.45, 2.75) is 253 Å². The van der Waals surface area contributed by atoms with Crippen LogP contribution in [0.25, 0.3) is 31.8 Å². The van der Waals surface area contributed by atoms with Gasteiger partial charge in [-0.15, -0.1) is 21.5 Å². The Morgan fingerprint density at radius 1 is 0.786 bits per heavy atom. The van der Waals surface area contributed by atoms with Crippen LogP contribution in [0.15, 0.2) is 72.4 Å². The number of likely N-dealkylation sites (N-methyl/N-ethyl adjacent to an activating group) is 1. The highest BCUT2D eigenvalue weighted by Crippen LogP contribution is 2.72. The van der Waals surface area contributed by atoms with Crippen molar-refractivity contribution >= 4 is 79.2 Å². The Bertz CT molecular complexity index is 4070. The molecular weight excluding hydrogens is 1330 g/mol. The number of pyridine rings is 1. The highest BCUT2D eigenvalue weighted by molar-refractivity contribution is 7.22. The van der Waals surface area contributed by atoms with E-state index >= 15 is 0 Å². The van der Waals surface area contributed by atoms with Gasteiger partial charge in [0.05, 0.1) is 56.8 Å². The number of ether oxygens (including phenoxy) is 1. The summed E-state index contributed by atoms with van der Waals surface area (Å²) in [5.74, 6) is -0.00659. The molecule has 5 fully saturated rings. The summed E-state index contributed by atoms with van der Waals surface area (Å²) in [5, 5.41) is 46.1. The molecule has 5 N–H and O–H groups in total. The fraction of sp³-hybridized carbons (Fsp3) is 0.605. The van der Waals surface area contributed by atoms with E-state index in [0.717, 1.165) is 156 Å². The monoisotopic (exact) mass is 1440 g/mol. The number of carboxylic acids is 1. The number of aromatic carboxylic acids is 1. The number of carbonyl (C=O) groups is 4. The number of aliphatic hydroxyl groups excluding tert-OH is 1. The van der Waals surface area contributed by atoms with Gasteiger partial charge in [0.1, 0.15) is 17.9 Å². The van der Waals surface area contributed by atoms with Crippen LogP contribution in [0, 0.1) is 42.4 Å². The van der Waals surface area contributed by atoms with Crippen LogP contribution < -0.4 is 20.9 Å². The topological polar surface area (TPSA) is 246 Å². The van der Waals surface area contributed by atoms with Crippen LogP contribution in [-0.4, -0.2) is 142 Å². The molecule has 3 amide bonds. The Labute approximate surface area is 617 Å². The Kier molecular flexibility index (Phi) is 23.6. The molecule has 4 aliphatic carbocycles. The minimum atomic E-state index is -1.08. The summed E-state index contributed by atoms with van der Waals surface area (Å²) in [4.78, 5) is 75.4. The zero-order chi connectivity index (χ0) is 72.8. The van der Waals surface area contributed by atoms with E-state index in [0.29, 0.717) is 36.0 Å². The molecule has 2 unspecified atom stereocenters. The molecule has 4 saturated carbocycles. The molecule has 7 aromatic rings. The van der Waals surface area contributed by atoms with Crippen LogP contribution >= 0.6 is 22.7 Å². The number of unbranched alkanes of at least 4 members (excludes halogenated alkanes) is 13. The predicted molar refractivity (Wildman–Crippen MR) is 410 cm³/mol. The number of β-amino-alcohol motifs (C(OH)–C–C–N with tert-alkyl or cyclic N) is 1. The van der Waals surface area contributed by atoms with Gasteiger partial charge in [0, 0.05) is 67.0 Å². The van der Waals surface area contributed by atoms with Gasteiger partial charge in [-0.3, -0.25) is 19.1 Å². The maximum atomic E-state index is 14.2. The first-order valence-corrected chi connectivity index (χ1v) is 39.9. The fourth-order valence-electron chi connectivity index (χ4n) is 18.8. The number of carboxylic acid groups (broad SMARTS) is 1. The average molecular weight is 1440 g/mol. The number of nitrogens with one attached hydrogen (secondary N) is 3. The van der Waals surface area contributed by atoms with E-state index in [4.69, 9.17) is 24.9 Å². The summed E-state index contributed by atoms with van der Waals surface area (Å²) in [6.07, 6.45) is 26.5. The number of para-hydroxylation sites is 1. The Morgan fingerprint density at radius 3 is 2.13 bits per heavy atom. The Hall–Kier alpha value is -7.24. The molecular formula is C81H111N13O7S2. The van der Waals surface area contributed by atoms with E-state index < -0.39 is 29.6 Å². The van der Waals surface area contributed by atoms with Crippen molar-refractivity contribution < 1.29 is 34.1 Å². The van der Waals surface area contributed by atoms with Crippen molar-refractivity contribution in [2.75, 3.05) is 50.1 Å². The Balaban J connectivity index is 0.517. The van der Waals surface area contributed by atoms with Crippen molar-refractivity contribution in [3.63, 3.8) is 0 Å². The molecule has 103 heavy (non-hydrogen) atoms. The first kappa shape index (κ1) is 75.4. The van der Waals surface area contributed by atoms with Crippen LogP contribution in [0.5, 0.6) is 0 Å². The van der Waals surface area contributed by atoms with Crippen molar-refractivity contribution in [1.29, 1.82) is 0 Å². The molecule has 2 aromatic carbocycles. The number of aliphatic hydroxyl groups is 1. The van der Waals surface area contributed by atoms with E-state index in [2.05, 4.69) is 76.4 Å². The van der Waals surface area contributed by atoms with Gasteiger partial charge >= 0.3 is 5.97 Å². The number of rotatable bonds is 34. The maximum Gasteiger partial charge on any atom is 0.355 e. The number of aryl methyl sites for hydroxylation is 1. The van der Waals surface area contributed by atoms with E-state index in [1.54, 1.807) is 22.7 Å². The number of anilines is 4. The van der Waals surface area contributed by atoms with Crippen LogP contribution in [0.3, 0.4) is 0 Å². The predicted octanol–water partition coefficient (Wildman–Crippen LogP) is 16.2. The molecule has 4 bridgehead atoms. The number of likely N-dealkylation sites (tertiary alicyclic amines) is 1. The number of thiazole rings is 2. The summed E-state index contributed by atoms with van der Waals surface area (Å²) in [6, 6.07) is 17.9. The van der Waals surface area contributed by atoms with E-state index in [9.17, 15) is 29.4 Å². The van der Waals surface area contributed by atoms with Crippen molar-refractivity contribution in [2.24, 2.45) is 21.7 Å². The molecule has 7 heterocycles. The fourth-order valence-corrected chi connectivity index (χ4v) is 20.5. The largest absolute Gasteiger partial charge is 0.476 e. The zero-order valence-corrected chi connectivity index (χ0v) is 64.3. The molecule has 6 aliphatic rings. The van der Waals surface area contributed by atoms with Gasteiger partial charge < -0.3 is 45.6 Å².